The topological polar surface area (TPSA) is 78.5 Å². The number of hydrogen-bond acceptors (Lipinski definition) is 5. The number of nitrogens with zero attached hydrogens (tertiary/aromatic N) is 3. The van der Waals surface area contributed by atoms with Gasteiger partial charge < -0.3 is 15.6 Å². The third-order valence-electron chi connectivity index (χ3n) is 4.54. The van der Waals surface area contributed by atoms with Gasteiger partial charge in [-0.05, 0) is 42.2 Å². The van der Waals surface area contributed by atoms with Gasteiger partial charge in [-0.3, -0.25) is 0 Å². The van der Waals surface area contributed by atoms with Crippen molar-refractivity contribution >= 4 is 34.3 Å². The number of fused-ring (bicyclic) bond motifs is 1. The number of para-hydroxylation sites is 1. The van der Waals surface area contributed by atoms with Crippen molar-refractivity contribution in [1.82, 2.24) is 20.2 Å². The van der Waals surface area contributed by atoms with E-state index in [2.05, 4.69) is 55.2 Å². The minimum Gasteiger partial charge on any atom is -0.368 e. The summed E-state index contributed by atoms with van der Waals surface area (Å²) < 4.78 is 0. The minimum atomic E-state index is 0.519. The molecule has 3 N–H and O–H groups in total. The van der Waals surface area contributed by atoms with Gasteiger partial charge in [-0.25, -0.2) is 0 Å². The van der Waals surface area contributed by atoms with Crippen molar-refractivity contribution < 1.29 is 0 Å². The van der Waals surface area contributed by atoms with Gasteiger partial charge >= 0.3 is 0 Å². The molecule has 0 aliphatic heterocycles. The third kappa shape index (κ3) is 4.58. The number of rotatable bonds is 8. The standard InChI is InChI=1S/C21H21ClN6/c22-17-7-5-15(6-8-17)9-11-24-21-27-20(14-26-28-21)23-12-10-16-13-25-19-4-2-1-3-18(16)19/h1-8,13-14,25H,9-12H2,(H2,23,24,27,28). The molecule has 0 radical (unpaired) electrons. The second-order valence-electron chi connectivity index (χ2n) is 6.50. The number of aromatic nitrogens is 4. The fourth-order valence-corrected chi connectivity index (χ4v) is 3.22. The van der Waals surface area contributed by atoms with E-state index < -0.39 is 0 Å². The van der Waals surface area contributed by atoms with Gasteiger partial charge in [0, 0.05) is 35.2 Å². The molecule has 0 atom stereocenters. The summed E-state index contributed by atoms with van der Waals surface area (Å²) in [4.78, 5) is 7.78. The number of benzene rings is 2. The Kier molecular flexibility index (Phi) is 5.68. The molecular formula is C21H21ClN6. The Morgan fingerprint density at radius 2 is 1.75 bits per heavy atom. The highest BCUT2D eigenvalue weighted by Gasteiger charge is 2.04. The molecule has 0 fully saturated rings. The van der Waals surface area contributed by atoms with Gasteiger partial charge in [0.25, 0.3) is 0 Å². The summed E-state index contributed by atoms with van der Waals surface area (Å²) in [6, 6.07) is 16.1. The van der Waals surface area contributed by atoms with Gasteiger partial charge in [0.2, 0.25) is 5.95 Å². The summed E-state index contributed by atoms with van der Waals surface area (Å²) in [6.45, 7) is 1.49. The maximum atomic E-state index is 5.91. The lowest BCUT2D eigenvalue weighted by Gasteiger charge is -2.08. The van der Waals surface area contributed by atoms with E-state index in [-0.39, 0.29) is 0 Å². The van der Waals surface area contributed by atoms with Gasteiger partial charge in [-0.1, -0.05) is 41.9 Å². The van der Waals surface area contributed by atoms with E-state index in [0.29, 0.717) is 11.8 Å². The first-order valence-corrected chi connectivity index (χ1v) is 9.62. The van der Waals surface area contributed by atoms with Gasteiger partial charge in [-0.2, -0.15) is 10.1 Å². The summed E-state index contributed by atoms with van der Waals surface area (Å²) in [7, 11) is 0. The average molecular weight is 393 g/mol. The number of nitrogens with one attached hydrogen (secondary N) is 3. The maximum absolute atomic E-state index is 5.91. The number of anilines is 2. The monoisotopic (exact) mass is 392 g/mol. The van der Waals surface area contributed by atoms with Crippen molar-refractivity contribution in [2.75, 3.05) is 23.7 Å². The Bertz CT molecular complexity index is 1040. The van der Waals surface area contributed by atoms with Crippen LogP contribution in [0.3, 0.4) is 0 Å². The minimum absolute atomic E-state index is 0.519. The summed E-state index contributed by atoms with van der Waals surface area (Å²) in [5.74, 6) is 1.23. The van der Waals surface area contributed by atoms with Crippen molar-refractivity contribution in [3.8, 4) is 0 Å². The molecule has 0 aliphatic carbocycles. The fourth-order valence-electron chi connectivity index (χ4n) is 3.10. The molecule has 0 aliphatic rings. The highest BCUT2D eigenvalue weighted by atomic mass is 35.5. The van der Waals surface area contributed by atoms with Gasteiger partial charge in [0.05, 0.1) is 6.20 Å². The van der Waals surface area contributed by atoms with Crippen LogP contribution in [0.25, 0.3) is 10.9 Å². The van der Waals surface area contributed by atoms with Crippen LogP contribution in [0.4, 0.5) is 11.8 Å². The molecule has 2 aromatic carbocycles. The first kappa shape index (κ1) is 18.3. The van der Waals surface area contributed by atoms with Crippen molar-refractivity contribution in [2.45, 2.75) is 12.8 Å². The van der Waals surface area contributed by atoms with Crippen molar-refractivity contribution in [3.05, 3.63) is 77.1 Å². The van der Waals surface area contributed by atoms with E-state index in [0.717, 1.165) is 36.5 Å². The lowest BCUT2D eigenvalue weighted by atomic mass is 10.1. The third-order valence-corrected chi connectivity index (χ3v) is 4.80. The number of hydrogen-bond donors (Lipinski definition) is 3. The first-order chi connectivity index (χ1) is 13.8. The van der Waals surface area contributed by atoms with Crippen LogP contribution in [0.5, 0.6) is 0 Å². The molecule has 2 heterocycles. The van der Waals surface area contributed by atoms with Gasteiger partial charge in [0.1, 0.15) is 0 Å². The quantitative estimate of drug-likeness (QED) is 0.416. The number of H-pyrrole nitrogens is 1. The molecule has 142 valence electrons. The summed E-state index contributed by atoms with van der Waals surface area (Å²) in [5, 5.41) is 16.6. The van der Waals surface area contributed by atoms with Crippen LogP contribution in [0.2, 0.25) is 5.02 Å². The largest absolute Gasteiger partial charge is 0.368 e. The predicted octanol–water partition coefficient (Wildman–Crippen LogP) is 4.32. The van der Waals surface area contributed by atoms with Crippen molar-refractivity contribution in [3.63, 3.8) is 0 Å². The van der Waals surface area contributed by atoms with Crippen LogP contribution in [0.1, 0.15) is 11.1 Å². The molecule has 0 amide bonds. The number of halogens is 1. The van der Waals surface area contributed by atoms with Crippen molar-refractivity contribution in [2.24, 2.45) is 0 Å². The molecule has 28 heavy (non-hydrogen) atoms. The van der Waals surface area contributed by atoms with Crippen molar-refractivity contribution in [1.29, 1.82) is 0 Å². The van der Waals surface area contributed by atoms with Crippen LogP contribution in [-0.4, -0.2) is 33.3 Å². The van der Waals surface area contributed by atoms with Crippen LogP contribution in [0, 0.1) is 0 Å². The molecule has 4 rings (SSSR count). The maximum Gasteiger partial charge on any atom is 0.244 e. The second-order valence-corrected chi connectivity index (χ2v) is 6.94. The van der Waals surface area contributed by atoms with Crippen LogP contribution < -0.4 is 10.6 Å². The molecule has 0 unspecified atom stereocenters. The SMILES string of the molecule is Clc1ccc(CCNc2nncc(NCCc3c[nH]c4ccccc34)n2)cc1. The average Bonchev–Trinajstić information content (AvgIpc) is 3.13. The Balaban J connectivity index is 1.28. The molecule has 0 saturated carbocycles. The molecule has 0 saturated heterocycles. The van der Waals surface area contributed by atoms with E-state index in [1.807, 2.05) is 30.3 Å². The van der Waals surface area contributed by atoms with Crippen LogP contribution in [-0.2, 0) is 12.8 Å². The van der Waals surface area contributed by atoms with Crippen LogP contribution >= 0.6 is 11.6 Å². The number of aromatic amines is 1. The molecule has 0 bridgehead atoms. The van der Waals surface area contributed by atoms with Gasteiger partial charge in [-0.15, -0.1) is 5.10 Å². The van der Waals surface area contributed by atoms with E-state index in [1.165, 1.54) is 16.5 Å². The summed E-state index contributed by atoms with van der Waals surface area (Å²) >= 11 is 5.91. The Morgan fingerprint density at radius 3 is 2.64 bits per heavy atom. The zero-order chi connectivity index (χ0) is 19.2. The van der Waals surface area contributed by atoms with Gasteiger partial charge in [0.15, 0.2) is 5.82 Å². The highest BCUT2D eigenvalue weighted by molar-refractivity contribution is 6.30. The lowest BCUT2D eigenvalue weighted by Crippen LogP contribution is -2.11. The second kappa shape index (κ2) is 8.71. The van der Waals surface area contributed by atoms with E-state index in [4.69, 9.17) is 11.6 Å². The smallest absolute Gasteiger partial charge is 0.244 e. The molecule has 2 aromatic heterocycles. The summed E-state index contributed by atoms with van der Waals surface area (Å²) in [5.41, 5.74) is 3.65. The van der Waals surface area contributed by atoms with E-state index in [1.54, 1.807) is 6.20 Å². The molecule has 0 spiro atoms. The Hall–Kier alpha value is -3.12. The molecule has 4 aromatic rings. The highest BCUT2D eigenvalue weighted by Crippen LogP contribution is 2.18. The Labute approximate surface area is 168 Å². The summed E-state index contributed by atoms with van der Waals surface area (Å²) in [6.07, 6.45) is 5.46. The lowest BCUT2D eigenvalue weighted by molar-refractivity contribution is 0.916. The fraction of sp³-hybridized carbons (Fsp3) is 0.190. The molecular weight excluding hydrogens is 372 g/mol. The van der Waals surface area contributed by atoms with E-state index in [9.17, 15) is 0 Å². The molecule has 6 nitrogen and oxygen atoms in total. The first-order valence-electron chi connectivity index (χ1n) is 9.25. The normalized spacial score (nSPS) is 10.9. The van der Waals surface area contributed by atoms with Crippen LogP contribution in [0.15, 0.2) is 60.9 Å². The molecule has 7 heteroatoms. The zero-order valence-electron chi connectivity index (χ0n) is 15.3. The zero-order valence-corrected chi connectivity index (χ0v) is 16.1. The Morgan fingerprint density at radius 1 is 0.929 bits per heavy atom. The predicted molar refractivity (Wildman–Crippen MR) is 114 cm³/mol. The van der Waals surface area contributed by atoms with E-state index >= 15 is 0 Å².